The maximum atomic E-state index is 13.4. The molecular weight excluding hydrogens is 452 g/mol. The molecule has 186 valence electrons. The molecule has 6 heteroatoms. The Bertz CT molecular complexity index is 1280. The maximum absolute atomic E-state index is 13.4. The number of amides is 2. The van der Waals surface area contributed by atoms with Gasteiger partial charge in [0.05, 0.1) is 13.0 Å². The van der Waals surface area contributed by atoms with Crippen molar-refractivity contribution in [2.24, 2.45) is 5.41 Å². The Kier molecular flexibility index (Phi) is 7.53. The SMILES string of the molecule is CCOC(=O)CC1(CC)CCc2cc(-c3ccc(NC(=O)Nc4cccc(C)c4)cc3)ccc2C1=O. The van der Waals surface area contributed by atoms with Gasteiger partial charge in [-0.3, -0.25) is 9.59 Å². The lowest BCUT2D eigenvalue weighted by Crippen LogP contribution is -2.38. The molecule has 0 saturated carbocycles. The highest BCUT2D eigenvalue weighted by atomic mass is 16.5. The average molecular weight is 485 g/mol. The Morgan fingerprint density at radius 2 is 1.64 bits per heavy atom. The summed E-state index contributed by atoms with van der Waals surface area (Å²) in [7, 11) is 0. The molecule has 4 rings (SSSR count). The van der Waals surface area contributed by atoms with Gasteiger partial charge in [-0.1, -0.05) is 49.4 Å². The molecule has 0 heterocycles. The quantitative estimate of drug-likeness (QED) is 0.362. The first-order valence-electron chi connectivity index (χ1n) is 12.4. The summed E-state index contributed by atoms with van der Waals surface area (Å²) in [6.07, 6.45) is 2.11. The number of hydrogen-bond acceptors (Lipinski definition) is 4. The van der Waals surface area contributed by atoms with Crippen LogP contribution in [0.2, 0.25) is 0 Å². The Hall–Kier alpha value is -3.93. The van der Waals surface area contributed by atoms with E-state index in [1.807, 2.05) is 74.5 Å². The van der Waals surface area contributed by atoms with E-state index in [1.165, 1.54) is 0 Å². The van der Waals surface area contributed by atoms with Gasteiger partial charge in [0.2, 0.25) is 0 Å². The number of rotatable bonds is 7. The summed E-state index contributed by atoms with van der Waals surface area (Å²) in [6.45, 7) is 6.03. The third-order valence-corrected chi connectivity index (χ3v) is 6.92. The van der Waals surface area contributed by atoms with Gasteiger partial charge in [0.25, 0.3) is 0 Å². The van der Waals surface area contributed by atoms with Crippen LogP contribution in [0.25, 0.3) is 11.1 Å². The van der Waals surface area contributed by atoms with Gasteiger partial charge in [-0.25, -0.2) is 4.79 Å². The van der Waals surface area contributed by atoms with E-state index in [2.05, 4.69) is 16.7 Å². The van der Waals surface area contributed by atoms with Gasteiger partial charge in [0.15, 0.2) is 5.78 Å². The molecule has 2 amide bonds. The number of Topliss-reactive ketones (excluding diaryl/α,β-unsaturated/α-hetero) is 1. The zero-order chi connectivity index (χ0) is 25.7. The summed E-state index contributed by atoms with van der Waals surface area (Å²) in [5, 5.41) is 5.69. The standard InChI is InChI=1S/C30H32N2O4/c1-4-30(19-27(33)36-5-2)16-15-23-18-22(11-14-26(23)28(30)34)21-9-12-24(13-10-21)31-29(35)32-25-8-6-7-20(3)17-25/h6-14,17-18H,4-5,15-16,19H2,1-3H3,(H2,31,32,35). The number of aryl methyl sites for hydroxylation is 2. The molecule has 0 radical (unpaired) electrons. The second-order valence-corrected chi connectivity index (χ2v) is 9.34. The van der Waals surface area contributed by atoms with Crippen molar-refractivity contribution in [2.45, 2.75) is 46.5 Å². The molecule has 0 saturated heterocycles. The molecule has 1 atom stereocenters. The topological polar surface area (TPSA) is 84.5 Å². The number of carbonyl (C=O) groups excluding carboxylic acids is 3. The highest BCUT2D eigenvalue weighted by Gasteiger charge is 2.43. The van der Waals surface area contributed by atoms with Crippen LogP contribution in [-0.2, 0) is 16.0 Å². The minimum atomic E-state index is -0.687. The first kappa shape index (κ1) is 25.2. The average Bonchev–Trinajstić information content (AvgIpc) is 2.86. The third-order valence-electron chi connectivity index (χ3n) is 6.92. The van der Waals surface area contributed by atoms with Crippen LogP contribution in [0.4, 0.5) is 16.2 Å². The number of fused-ring (bicyclic) bond motifs is 1. The predicted molar refractivity (Wildman–Crippen MR) is 142 cm³/mol. The summed E-state index contributed by atoms with van der Waals surface area (Å²) >= 11 is 0. The lowest BCUT2D eigenvalue weighted by Gasteiger charge is -2.35. The number of benzene rings is 3. The molecule has 0 spiro atoms. The van der Waals surface area contributed by atoms with Crippen LogP contribution in [0.1, 0.15) is 54.6 Å². The molecule has 6 nitrogen and oxygen atoms in total. The molecule has 1 aliphatic rings. The number of nitrogens with one attached hydrogen (secondary N) is 2. The first-order chi connectivity index (χ1) is 17.3. The molecule has 0 aromatic heterocycles. The van der Waals surface area contributed by atoms with Gasteiger partial charge in [0.1, 0.15) is 0 Å². The largest absolute Gasteiger partial charge is 0.466 e. The Morgan fingerprint density at radius 1 is 0.917 bits per heavy atom. The second kappa shape index (κ2) is 10.8. The lowest BCUT2D eigenvalue weighted by atomic mass is 9.67. The van der Waals surface area contributed by atoms with E-state index < -0.39 is 5.41 Å². The van der Waals surface area contributed by atoms with E-state index in [9.17, 15) is 14.4 Å². The zero-order valence-electron chi connectivity index (χ0n) is 21.0. The molecule has 0 aliphatic heterocycles. The molecule has 2 N–H and O–H groups in total. The van der Waals surface area contributed by atoms with Crippen LogP contribution < -0.4 is 10.6 Å². The van der Waals surface area contributed by atoms with E-state index in [1.54, 1.807) is 6.92 Å². The van der Waals surface area contributed by atoms with Crippen LogP contribution in [-0.4, -0.2) is 24.4 Å². The minimum absolute atomic E-state index is 0.0324. The van der Waals surface area contributed by atoms with E-state index in [0.29, 0.717) is 30.7 Å². The van der Waals surface area contributed by atoms with Crippen LogP contribution in [0.5, 0.6) is 0 Å². The molecule has 36 heavy (non-hydrogen) atoms. The molecular formula is C30H32N2O4. The number of carbonyl (C=O) groups is 3. The first-order valence-corrected chi connectivity index (χ1v) is 12.4. The Balaban J connectivity index is 1.46. The number of anilines is 2. The maximum Gasteiger partial charge on any atom is 0.323 e. The van der Waals surface area contributed by atoms with Crippen LogP contribution in [0, 0.1) is 12.3 Å². The van der Waals surface area contributed by atoms with Gasteiger partial charge >= 0.3 is 12.0 Å². The van der Waals surface area contributed by atoms with Crippen molar-refractivity contribution in [3.63, 3.8) is 0 Å². The number of hydrogen-bond donors (Lipinski definition) is 2. The third kappa shape index (κ3) is 5.48. The van der Waals surface area contributed by atoms with Gasteiger partial charge in [-0.2, -0.15) is 0 Å². The van der Waals surface area contributed by atoms with Crippen molar-refractivity contribution in [1.29, 1.82) is 0 Å². The molecule has 3 aromatic carbocycles. The van der Waals surface area contributed by atoms with E-state index in [4.69, 9.17) is 4.74 Å². The van der Waals surface area contributed by atoms with Gasteiger partial charge < -0.3 is 15.4 Å². The van der Waals surface area contributed by atoms with Gasteiger partial charge in [0, 0.05) is 22.4 Å². The molecule has 3 aromatic rings. The number of ether oxygens (including phenoxy) is 1. The molecule has 1 aliphatic carbocycles. The fourth-order valence-electron chi connectivity index (χ4n) is 4.86. The van der Waals surface area contributed by atoms with E-state index in [0.717, 1.165) is 34.4 Å². The Morgan fingerprint density at radius 3 is 2.33 bits per heavy atom. The fourth-order valence-corrected chi connectivity index (χ4v) is 4.86. The van der Waals surface area contributed by atoms with Crippen molar-refractivity contribution in [3.05, 3.63) is 83.4 Å². The van der Waals surface area contributed by atoms with Crippen LogP contribution >= 0.6 is 0 Å². The molecule has 1 unspecified atom stereocenters. The number of esters is 1. The predicted octanol–water partition coefficient (Wildman–Crippen LogP) is 6.78. The summed E-state index contributed by atoms with van der Waals surface area (Å²) in [4.78, 5) is 37.9. The van der Waals surface area contributed by atoms with Crippen molar-refractivity contribution >= 4 is 29.2 Å². The van der Waals surface area contributed by atoms with E-state index >= 15 is 0 Å². The van der Waals surface area contributed by atoms with Crippen molar-refractivity contribution in [2.75, 3.05) is 17.2 Å². The van der Waals surface area contributed by atoms with Crippen molar-refractivity contribution < 1.29 is 19.1 Å². The summed E-state index contributed by atoms with van der Waals surface area (Å²) in [5.74, 6) is -0.279. The van der Waals surface area contributed by atoms with Crippen molar-refractivity contribution in [3.8, 4) is 11.1 Å². The molecule has 0 bridgehead atoms. The summed E-state index contributed by atoms with van der Waals surface area (Å²) in [6, 6.07) is 20.8. The monoisotopic (exact) mass is 484 g/mol. The smallest absolute Gasteiger partial charge is 0.323 e. The number of ketones is 1. The summed E-state index contributed by atoms with van der Waals surface area (Å²) < 4.78 is 5.13. The number of urea groups is 1. The van der Waals surface area contributed by atoms with Crippen LogP contribution in [0.3, 0.4) is 0 Å². The summed E-state index contributed by atoms with van der Waals surface area (Å²) in [5.41, 5.74) is 5.51. The minimum Gasteiger partial charge on any atom is -0.466 e. The lowest BCUT2D eigenvalue weighted by molar-refractivity contribution is -0.145. The fraction of sp³-hybridized carbons (Fsp3) is 0.300. The van der Waals surface area contributed by atoms with E-state index in [-0.39, 0.29) is 24.2 Å². The van der Waals surface area contributed by atoms with Crippen LogP contribution in [0.15, 0.2) is 66.7 Å². The van der Waals surface area contributed by atoms with Gasteiger partial charge in [-0.05, 0) is 79.6 Å². The normalized spacial score (nSPS) is 16.7. The Labute approximate surface area is 212 Å². The van der Waals surface area contributed by atoms with Crippen molar-refractivity contribution in [1.82, 2.24) is 0 Å². The molecule has 0 fully saturated rings. The highest BCUT2D eigenvalue weighted by Crippen LogP contribution is 2.42. The highest BCUT2D eigenvalue weighted by molar-refractivity contribution is 6.05. The van der Waals surface area contributed by atoms with Gasteiger partial charge in [-0.15, -0.1) is 0 Å². The second-order valence-electron chi connectivity index (χ2n) is 9.34. The zero-order valence-corrected chi connectivity index (χ0v) is 21.0.